The van der Waals surface area contributed by atoms with E-state index in [9.17, 15) is 4.79 Å². The van der Waals surface area contributed by atoms with E-state index in [2.05, 4.69) is 50.8 Å². The summed E-state index contributed by atoms with van der Waals surface area (Å²) in [6.07, 6.45) is 2.38. The molecule has 3 aromatic rings. The highest BCUT2D eigenvalue weighted by molar-refractivity contribution is 7.80. The molecule has 2 N–H and O–H groups in total. The van der Waals surface area contributed by atoms with Crippen LogP contribution in [0.15, 0.2) is 47.8 Å². The number of thiocarbonyl (C=S) groups is 1. The first-order valence-electron chi connectivity index (χ1n) is 11.6. The zero-order chi connectivity index (χ0) is 23.7. The summed E-state index contributed by atoms with van der Waals surface area (Å²) < 4.78 is 6.87. The Morgan fingerprint density at radius 1 is 1.29 bits per heavy atom. The Kier molecular flexibility index (Phi) is 6.67. The molecule has 3 aliphatic rings. The van der Waals surface area contributed by atoms with Crippen molar-refractivity contribution in [3.63, 3.8) is 0 Å². The van der Waals surface area contributed by atoms with E-state index < -0.39 is 0 Å². The number of fused-ring (bicyclic) bond motifs is 3. The molecule has 178 valence electrons. The lowest BCUT2D eigenvalue weighted by molar-refractivity contribution is 0.0303. The van der Waals surface area contributed by atoms with E-state index >= 15 is 0 Å². The molecule has 34 heavy (non-hydrogen) atoms. The number of ether oxygens (including phenoxy) is 1. The molecule has 6 rings (SSSR count). The number of hydrogen-bond donors (Lipinski definition) is 2. The molecule has 3 aliphatic heterocycles. The fourth-order valence-electron chi connectivity index (χ4n) is 5.29. The van der Waals surface area contributed by atoms with Gasteiger partial charge in [-0.1, -0.05) is 12.1 Å². The van der Waals surface area contributed by atoms with Gasteiger partial charge in [0.2, 0.25) is 0 Å². The van der Waals surface area contributed by atoms with Gasteiger partial charge in [0, 0.05) is 43.5 Å². The lowest BCUT2D eigenvalue weighted by atomic mass is 9.74. The normalized spacial score (nSPS) is 23.5. The largest absolute Gasteiger partial charge is 0.465 e. The van der Waals surface area contributed by atoms with Crippen LogP contribution < -0.4 is 10.6 Å². The first-order valence-corrected chi connectivity index (χ1v) is 12.9. The molecule has 2 aromatic heterocycles. The van der Waals surface area contributed by atoms with Crippen molar-refractivity contribution in [2.75, 3.05) is 32.1 Å². The second kappa shape index (κ2) is 9.85. The number of anilines is 1. The molecule has 1 aromatic carbocycles. The minimum atomic E-state index is -0.362. The minimum absolute atomic E-state index is 0.362. The van der Waals surface area contributed by atoms with Crippen molar-refractivity contribution in [1.29, 1.82) is 0 Å². The molecule has 0 amide bonds. The molecule has 5 heterocycles. The van der Waals surface area contributed by atoms with E-state index in [1.807, 2.05) is 12.1 Å². The SMILES string of the molecule is COC(=O)c1cccc(NC(=S)NC[C@H]2C[C@@H]3CCN2C[C@@H]3c2cc(-c3cccs3)nn2C)c1. The number of esters is 1. The Balaban J connectivity index is 1.18. The number of benzene rings is 1. The molecule has 0 aliphatic carbocycles. The van der Waals surface area contributed by atoms with Gasteiger partial charge in [0.25, 0.3) is 0 Å². The van der Waals surface area contributed by atoms with Gasteiger partial charge < -0.3 is 15.4 Å². The van der Waals surface area contributed by atoms with Crippen LogP contribution in [-0.2, 0) is 11.8 Å². The van der Waals surface area contributed by atoms with Gasteiger partial charge in [0.15, 0.2) is 5.11 Å². The summed E-state index contributed by atoms with van der Waals surface area (Å²) in [4.78, 5) is 15.6. The van der Waals surface area contributed by atoms with Crippen LogP contribution in [0.3, 0.4) is 0 Å². The van der Waals surface area contributed by atoms with Crippen molar-refractivity contribution in [1.82, 2.24) is 20.0 Å². The summed E-state index contributed by atoms with van der Waals surface area (Å²) in [7, 11) is 3.45. The predicted octanol–water partition coefficient (Wildman–Crippen LogP) is 4.10. The Hall–Kier alpha value is -2.75. The van der Waals surface area contributed by atoms with Gasteiger partial charge in [0.1, 0.15) is 5.69 Å². The number of nitrogens with zero attached hydrogens (tertiary/aromatic N) is 3. The van der Waals surface area contributed by atoms with Gasteiger partial charge in [-0.15, -0.1) is 11.3 Å². The van der Waals surface area contributed by atoms with E-state index in [4.69, 9.17) is 22.1 Å². The highest BCUT2D eigenvalue weighted by Crippen LogP contribution is 2.42. The van der Waals surface area contributed by atoms with E-state index in [-0.39, 0.29) is 5.97 Å². The van der Waals surface area contributed by atoms with Crippen LogP contribution in [0, 0.1) is 5.92 Å². The van der Waals surface area contributed by atoms with Crippen molar-refractivity contribution >= 4 is 40.3 Å². The van der Waals surface area contributed by atoms with Crippen molar-refractivity contribution in [2.45, 2.75) is 24.8 Å². The van der Waals surface area contributed by atoms with E-state index in [0.29, 0.717) is 28.6 Å². The third-order valence-electron chi connectivity index (χ3n) is 6.99. The zero-order valence-corrected chi connectivity index (χ0v) is 21.0. The van der Waals surface area contributed by atoms with E-state index in [1.165, 1.54) is 24.1 Å². The number of rotatable bonds is 6. The monoisotopic (exact) mass is 495 g/mol. The topological polar surface area (TPSA) is 71.4 Å². The van der Waals surface area contributed by atoms with Gasteiger partial charge in [-0.3, -0.25) is 9.58 Å². The highest BCUT2D eigenvalue weighted by atomic mass is 32.1. The second-order valence-corrected chi connectivity index (χ2v) is 10.4. The number of carbonyl (C=O) groups excluding carboxylic acids is 1. The van der Waals surface area contributed by atoms with E-state index in [0.717, 1.165) is 37.4 Å². The molecule has 3 fully saturated rings. The first kappa shape index (κ1) is 23.0. The van der Waals surface area contributed by atoms with E-state index in [1.54, 1.807) is 23.5 Å². The smallest absolute Gasteiger partial charge is 0.337 e. The Bertz CT molecular complexity index is 1180. The minimum Gasteiger partial charge on any atom is -0.465 e. The van der Waals surface area contributed by atoms with Crippen molar-refractivity contribution in [2.24, 2.45) is 13.0 Å². The fraction of sp³-hybridized carbons (Fsp3) is 0.400. The number of hydrogen-bond acceptors (Lipinski definition) is 6. The summed E-state index contributed by atoms with van der Waals surface area (Å²) in [5.41, 5.74) is 3.68. The molecular weight excluding hydrogens is 466 g/mol. The van der Waals surface area contributed by atoms with Gasteiger partial charge in [-0.25, -0.2) is 4.79 Å². The lowest BCUT2D eigenvalue weighted by Gasteiger charge is -2.50. The number of nitrogens with one attached hydrogen (secondary N) is 2. The maximum Gasteiger partial charge on any atom is 0.337 e. The fourth-order valence-corrected chi connectivity index (χ4v) is 6.17. The number of carbonyl (C=O) groups is 1. The molecular formula is C25H29N5O2S2. The van der Waals surface area contributed by atoms with Crippen LogP contribution in [0.1, 0.15) is 34.8 Å². The summed E-state index contributed by atoms with van der Waals surface area (Å²) >= 11 is 7.26. The second-order valence-electron chi connectivity index (χ2n) is 9.00. The molecule has 3 saturated heterocycles. The maximum atomic E-state index is 11.8. The number of aryl methyl sites for hydroxylation is 1. The molecule has 1 unspecified atom stereocenters. The first-order chi connectivity index (χ1) is 16.5. The highest BCUT2D eigenvalue weighted by Gasteiger charge is 2.41. The Morgan fingerprint density at radius 3 is 2.91 bits per heavy atom. The van der Waals surface area contributed by atoms with Crippen LogP contribution in [0.25, 0.3) is 10.6 Å². The van der Waals surface area contributed by atoms with Gasteiger partial charge in [0.05, 0.1) is 17.6 Å². The number of aromatic nitrogens is 2. The molecule has 4 atom stereocenters. The third kappa shape index (κ3) is 4.73. The standard InChI is InChI=1S/C25H29N5O2S2/c1-29-22(13-21(28-29)23-7-4-10-34-23)20-15-30-9-8-16(20)12-19(30)14-26-25(33)27-18-6-3-5-17(11-18)24(31)32-2/h3-7,10-11,13,16,19-20H,8-9,12,14-15H2,1-2H3,(H2,26,27,33)/t16-,19+,20-/m0/s1. The molecule has 2 bridgehead atoms. The summed E-state index contributed by atoms with van der Waals surface area (Å²) in [5.74, 6) is 0.808. The molecule has 0 radical (unpaired) electrons. The van der Waals surface area contributed by atoms with Gasteiger partial charge in [-0.05, 0) is 73.2 Å². The number of piperidine rings is 3. The predicted molar refractivity (Wildman–Crippen MR) is 139 cm³/mol. The number of methoxy groups -OCH3 is 1. The van der Waals surface area contributed by atoms with Crippen LogP contribution in [0.5, 0.6) is 0 Å². The van der Waals surface area contributed by atoms with Crippen LogP contribution in [-0.4, -0.2) is 58.5 Å². The Labute approximate surface area is 209 Å². The lowest BCUT2D eigenvalue weighted by Crippen LogP contribution is -2.56. The van der Waals surface area contributed by atoms with Crippen LogP contribution in [0.2, 0.25) is 0 Å². The zero-order valence-electron chi connectivity index (χ0n) is 19.4. The Morgan fingerprint density at radius 2 is 2.18 bits per heavy atom. The van der Waals surface area contributed by atoms with Crippen molar-refractivity contribution < 1.29 is 9.53 Å². The molecule has 0 spiro atoms. The molecule has 0 saturated carbocycles. The summed E-state index contributed by atoms with van der Waals surface area (Å²) in [6.45, 7) is 2.99. The van der Waals surface area contributed by atoms with Crippen molar-refractivity contribution in [3.05, 3.63) is 59.1 Å². The molecule has 9 heteroatoms. The van der Waals surface area contributed by atoms with Crippen LogP contribution in [0.4, 0.5) is 5.69 Å². The van der Waals surface area contributed by atoms with Crippen LogP contribution >= 0.6 is 23.6 Å². The van der Waals surface area contributed by atoms with Gasteiger partial charge >= 0.3 is 5.97 Å². The maximum absolute atomic E-state index is 11.8. The average molecular weight is 496 g/mol. The third-order valence-corrected chi connectivity index (χ3v) is 8.13. The summed E-state index contributed by atoms with van der Waals surface area (Å²) in [5, 5.41) is 14.0. The number of thiophene rings is 1. The quantitative estimate of drug-likeness (QED) is 0.394. The van der Waals surface area contributed by atoms with Crippen molar-refractivity contribution in [3.8, 4) is 10.6 Å². The van der Waals surface area contributed by atoms with Gasteiger partial charge in [-0.2, -0.15) is 5.10 Å². The summed E-state index contributed by atoms with van der Waals surface area (Å²) in [6, 6.07) is 14.1. The molecule has 7 nitrogen and oxygen atoms in total. The average Bonchev–Trinajstić information content (AvgIpc) is 3.52.